The third kappa shape index (κ3) is 2.48. The zero-order valence-electron chi connectivity index (χ0n) is 10.4. The predicted molar refractivity (Wildman–Crippen MR) is 79.0 cm³/mol. The average molecular weight is 282 g/mol. The zero-order chi connectivity index (χ0) is 13.9. The fourth-order valence-corrected chi connectivity index (χ4v) is 2.91. The molecule has 3 rings (SSSR count). The van der Waals surface area contributed by atoms with E-state index in [-0.39, 0.29) is 5.69 Å². The summed E-state index contributed by atoms with van der Waals surface area (Å²) in [6.07, 6.45) is 3.59. The molecule has 98 valence electrons. The van der Waals surface area contributed by atoms with E-state index in [2.05, 4.69) is 4.98 Å². The molecule has 0 radical (unpaired) electrons. The summed E-state index contributed by atoms with van der Waals surface area (Å²) in [5.74, 6) is 0. The summed E-state index contributed by atoms with van der Waals surface area (Å²) < 4.78 is 0. The Morgan fingerprint density at radius 2 is 1.85 bits per heavy atom. The van der Waals surface area contributed by atoms with Crippen LogP contribution >= 0.6 is 11.8 Å². The van der Waals surface area contributed by atoms with Crippen molar-refractivity contribution in [3.8, 4) is 0 Å². The Morgan fingerprint density at radius 3 is 2.60 bits per heavy atom. The minimum absolute atomic E-state index is 0.108. The molecule has 5 heteroatoms. The number of fused-ring (bicyclic) bond motifs is 1. The molecule has 1 heterocycles. The monoisotopic (exact) mass is 282 g/mol. The minimum Gasteiger partial charge on any atom is -0.264 e. The molecule has 2 aromatic carbocycles. The van der Waals surface area contributed by atoms with Crippen molar-refractivity contribution in [1.82, 2.24) is 4.98 Å². The van der Waals surface area contributed by atoms with Gasteiger partial charge < -0.3 is 0 Å². The Morgan fingerprint density at radius 1 is 1.05 bits per heavy atom. The number of benzene rings is 2. The van der Waals surface area contributed by atoms with Crippen LogP contribution < -0.4 is 0 Å². The van der Waals surface area contributed by atoms with Crippen LogP contribution in [0.3, 0.4) is 0 Å². The molecule has 0 fully saturated rings. The lowest BCUT2D eigenvalue weighted by molar-refractivity contribution is -0.384. The maximum absolute atomic E-state index is 10.6. The van der Waals surface area contributed by atoms with Gasteiger partial charge in [-0.2, -0.15) is 0 Å². The van der Waals surface area contributed by atoms with Gasteiger partial charge in [-0.15, -0.1) is 0 Å². The van der Waals surface area contributed by atoms with E-state index >= 15 is 0 Å². The third-order valence-corrected chi connectivity index (χ3v) is 4.00. The number of non-ortho nitro benzene ring substituents is 1. The molecule has 3 aromatic rings. The van der Waals surface area contributed by atoms with Crippen LogP contribution in [0.15, 0.2) is 70.7 Å². The van der Waals surface area contributed by atoms with E-state index in [1.807, 2.05) is 30.5 Å². The van der Waals surface area contributed by atoms with Crippen molar-refractivity contribution in [3.63, 3.8) is 0 Å². The Hall–Kier alpha value is -2.40. The number of nitrogens with zero attached hydrogens (tertiary/aromatic N) is 2. The van der Waals surface area contributed by atoms with Crippen LogP contribution in [0.5, 0.6) is 0 Å². The molecule has 0 aliphatic heterocycles. The number of pyridine rings is 1. The summed E-state index contributed by atoms with van der Waals surface area (Å²) in [4.78, 5) is 16.4. The topological polar surface area (TPSA) is 56.0 Å². The molecule has 0 amide bonds. The highest BCUT2D eigenvalue weighted by Crippen LogP contribution is 2.33. The van der Waals surface area contributed by atoms with E-state index in [9.17, 15) is 10.1 Å². The first-order valence-electron chi connectivity index (χ1n) is 5.99. The van der Waals surface area contributed by atoms with Crippen molar-refractivity contribution < 1.29 is 4.92 Å². The van der Waals surface area contributed by atoms with Crippen LogP contribution in [-0.4, -0.2) is 9.91 Å². The van der Waals surface area contributed by atoms with E-state index in [0.717, 1.165) is 20.6 Å². The molecule has 0 atom stereocenters. The number of aromatic nitrogens is 1. The largest absolute Gasteiger partial charge is 0.269 e. The first-order valence-corrected chi connectivity index (χ1v) is 6.81. The van der Waals surface area contributed by atoms with Gasteiger partial charge in [0.15, 0.2) is 0 Å². The van der Waals surface area contributed by atoms with Gasteiger partial charge in [0.05, 0.1) is 4.92 Å². The molecule has 0 spiro atoms. The van der Waals surface area contributed by atoms with Crippen LogP contribution in [0.25, 0.3) is 10.8 Å². The Kier molecular flexibility index (Phi) is 3.35. The second kappa shape index (κ2) is 5.30. The molecule has 0 bridgehead atoms. The first kappa shape index (κ1) is 12.6. The number of hydrogen-bond donors (Lipinski definition) is 0. The fraction of sp³-hybridized carbons (Fsp3) is 0. The molecule has 1 aromatic heterocycles. The lowest BCUT2D eigenvalue weighted by Gasteiger charge is -2.05. The van der Waals surface area contributed by atoms with Gasteiger partial charge >= 0.3 is 0 Å². The normalized spacial score (nSPS) is 10.6. The number of nitro benzene ring substituents is 1. The van der Waals surface area contributed by atoms with Crippen molar-refractivity contribution in [2.45, 2.75) is 9.79 Å². The van der Waals surface area contributed by atoms with Crippen LogP contribution in [-0.2, 0) is 0 Å². The molecule has 0 saturated carbocycles. The molecule has 0 saturated heterocycles. The van der Waals surface area contributed by atoms with E-state index in [1.54, 1.807) is 30.1 Å². The van der Waals surface area contributed by atoms with Crippen molar-refractivity contribution in [3.05, 3.63) is 71.0 Å². The van der Waals surface area contributed by atoms with Crippen LogP contribution in [0, 0.1) is 10.1 Å². The van der Waals surface area contributed by atoms with Gasteiger partial charge in [0.25, 0.3) is 5.69 Å². The quantitative estimate of drug-likeness (QED) is 0.531. The number of rotatable bonds is 3. The van der Waals surface area contributed by atoms with Gasteiger partial charge in [-0.3, -0.25) is 15.1 Å². The molecule has 0 unspecified atom stereocenters. The number of nitro groups is 1. The van der Waals surface area contributed by atoms with Crippen molar-refractivity contribution in [2.24, 2.45) is 0 Å². The second-order valence-corrected chi connectivity index (χ2v) is 5.32. The molecule has 0 aliphatic rings. The van der Waals surface area contributed by atoms with Crippen molar-refractivity contribution >= 4 is 28.2 Å². The second-order valence-electron chi connectivity index (χ2n) is 4.21. The fourth-order valence-electron chi connectivity index (χ4n) is 1.94. The average Bonchev–Trinajstić information content (AvgIpc) is 2.48. The zero-order valence-corrected chi connectivity index (χ0v) is 11.2. The highest BCUT2D eigenvalue weighted by atomic mass is 32.2. The molecule has 0 aliphatic carbocycles. The molecule has 4 nitrogen and oxygen atoms in total. The maximum Gasteiger partial charge on any atom is 0.269 e. The van der Waals surface area contributed by atoms with E-state index in [4.69, 9.17) is 0 Å². The van der Waals surface area contributed by atoms with E-state index in [1.165, 1.54) is 12.1 Å². The molecular formula is C15H10N2O2S. The van der Waals surface area contributed by atoms with Gasteiger partial charge in [-0.25, -0.2) is 0 Å². The standard InChI is InChI=1S/C15H10N2O2S/c18-17(19)12-4-6-13(7-5-12)20-15-3-1-2-11-10-16-9-8-14(11)15/h1-10H. The minimum atomic E-state index is -0.391. The maximum atomic E-state index is 10.6. The van der Waals surface area contributed by atoms with Gasteiger partial charge in [0, 0.05) is 39.7 Å². The smallest absolute Gasteiger partial charge is 0.264 e. The van der Waals surface area contributed by atoms with Crippen LogP contribution in [0.1, 0.15) is 0 Å². The van der Waals surface area contributed by atoms with Crippen molar-refractivity contribution in [1.29, 1.82) is 0 Å². The van der Waals surface area contributed by atoms with Crippen molar-refractivity contribution in [2.75, 3.05) is 0 Å². The molecular weight excluding hydrogens is 272 g/mol. The Balaban J connectivity index is 1.95. The summed E-state index contributed by atoms with van der Waals surface area (Å²) in [6.45, 7) is 0. The number of hydrogen-bond acceptors (Lipinski definition) is 4. The van der Waals surface area contributed by atoms with Crippen LogP contribution in [0.2, 0.25) is 0 Å². The lowest BCUT2D eigenvalue weighted by atomic mass is 10.2. The highest BCUT2D eigenvalue weighted by Gasteiger charge is 2.06. The molecule has 20 heavy (non-hydrogen) atoms. The SMILES string of the molecule is O=[N+]([O-])c1ccc(Sc2cccc3cnccc23)cc1. The van der Waals surface area contributed by atoms with E-state index < -0.39 is 4.92 Å². The summed E-state index contributed by atoms with van der Waals surface area (Å²) in [5, 5.41) is 12.9. The summed E-state index contributed by atoms with van der Waals surface area (Å²) in [5.41, 5.74) is 0.108. The van der Waals surface area contributed by atoms with E-state index in [0.29, 0.717) is 0 Å². The van der Waals surface area contributed by atoms with Gasteiger partial charge in [-0.05, 0) is 29.7 Å². The summed E-state index contributed by atoms with van der Waals surface area (Å²) >= 11 is 1.59. The summed E-state index contributed by atoms with van der Waals surface area (Å²) in [7, 11) is 0. The predicted octanol–water partition coefficient (Wildman–Crippen LogP) is 4.29. The lowest BCUT2D eigenvalue weighted by Crippen LogP contribution is -1.86. The van der Waals surface area contributed by atoms with Gasteiger partial charge in [0.2, 0.25) is 0 Å². The highest BCUT2D eigenvalue weighted by molar-refractivity contribution is 7.99. The van der Waals surface area contributed by atoms with Gasteiger partial charge in [0.1, 0.15) is 0 Å². The Labute approximate surface area is 119 Å². The third-order valence-electron chi connectivity index (χ3n) is 2.92. The first-order chi connectivity index (χ1) is 9.74. The molecule has 0 N–H and O–H groups in total. The Bertz CT molecular complexity index is 767. The van der Waals surface area contributed by atoms with Gasteiger partial charge in [-0.1, -0.05) is 23.9 Å². The summed E-state index contributed by atoms with van der Waals surface area (Å²) in [6, 6.07) is 14.6. The van der Waals surface area contributed by atoms with Crippen LogP contribution in [0.4, 0.5) is 5.69 Å².